The molecule has 0 radical (unpaired) electrons. The van der Waals surface area contributed by atoms with Crippen LogP contribution >= 0.6 is 0 Å². The molecule has 1 aromatic rings. The van der Waals surface area contributed by atoms with Crippen molar-refractivity contribution in [3.05, 3.63) is 30.3 Å². The first-order chi connectivity index (χ1) is 17.0. The van der Waals surface area contributed by atoms with Gasteiger partial charge >= 0.3 is 0 Å². The minimum atomic E-state index is -0.287. The lowest BCUT2D eigenvalue weighted by atomic mass is 9.84. The summed E-state index contributed by atoms with van der Waals surface area (Å²) < 4.78 is 0. The number of nitrogens with one attached hydrogen (secondary N) is 1. The Morgan fingerprint density at radius 2 is 1.63 bits per heavy atom. The second-order valence-electron chi connectivity index (χ2n) is 10.8. The van der Waals surface area contributed by atoms with Crippen molar-refractivity contribution in [3.8, 4) is 0 Å². The highest BCUT2D eigenvalue weighted by atomic mass is 16.2. The molecule has 0 bridgehead atoms. The topological polar surface area (TPSA) is 76.2 Å². The fourth-order valence-corrected chi connectivity index (χ4v) is 6.43. The number of hydrazine groups is 1. The van der Waals surface area contributed by atoms with Gasteiger partial charge in [-0.05, 0) is 31.5 Å². The monoisotopic (exact) mass is 481 g/mol. The standard InChI is InChI=1S/C27H39N5O3/c1-29-18-22(25-23(19-29)27(35)32(28-25)21-10-6-3-7-11-21)26(34)31-16-14-30(15-17-31)24(33)13-12-20-8-4-2-5-9-20/h3,6-7,10-11,20,22-23,25,28H,2,4-5,8-9,12-19H2,1H3. The van der Waals surface area contributed by atoms with Crippen molar-refractivity contribution in [2.24, 2.45) is 17.8 Å². The van der Waals surface area contributed by atoms with E-state index in [0.29, 0.717) is 51.6 Å². The lowest BCUT2D eigenvalue weighted by Gasteiger charge is -2.41. The summed E-state index contributed by atoms with van der Waals surface area (Å²) in [7, 11) is 1.98. The Morgan fingerprint density at radius 3 is 2.34 bits per heavy atom. The van der Waals surface area contributed by atoms with Gasteiger partial charge in [0.25, 0.3) is 0 Å². The van der Waals surface area contributed by atoms with Crippen LogP contribution in [-0.2, 0) is 14.4 Å². The van der Waals surface area contributed by atoms with Gasteiger partial charge in [-0.3, -0.25) is 14.4 Å². The van der Waals surface area contributed by atoms with Gasteiger partial charge in [-0.25, -0.2) is 10.4 Å². The van der Waals surface area contributed by atoms with Crippen LogP contribution in [0, 0.1) is 17.8 Å². The van der Waals surface area contributed by atoms with Crippen molar-refractivity contribution >= 4 is 23.4 Å². The average molecular weight is 482 g/mol. The number of piperazine rings is 1. The first kappa shape index (κ1) is 24.3. The molecular formula is C27H39N5O3. The third kappa shape index (κ3) is 5.23. The Balaban J connectivity index is 1.17. The van der Waals surface area contributed by atoms with Crippen LogP contribution in [0.15, 0.2) is 30.3 Å². The maximum Gasteiger partial charge on any atom is 0.247 e. The number of nitrogens with zero attached hydrogens (tertiary/aromatic N) is 4. The van der Waals surface area contributed by atoms with Crippen molar-refractivity contribution < 1.29 is 14.4 Å². The number of para-hydroxylation sites is 1. The molecule has 3 amide bonds. The van der Waals surface area contributed by atoms with Crippen molar-refractivity contribution in [2.75, 3.05) is 51.3 Å². The van der Waals surface area contributed by atoms with E-state index >= 15 is 0 Å². The second-order valence-corrected chi connectivity index (χ2v) is 10.8. The number of likely N-dealkylation sites (tertiary alicyclic amines) is 1. The molecule has 1 N–H and O–H groups in total. The van der Waals surface area contributed by atoms with Crippen LogP contribution in [0.1, 0.15) is 44.9 Å². The average Bonchev–Trinajstić information content (AvgIpc) is 3.23. The number of carbonyl (C=O) groups is 3. The van der Waals surface area contributed by atoms with E-state index in [1.165, 1.54) is 32.1 Å². The summed E-state index contributed by atoms with van der Waals surface area (Å²) in [5, 5.41) is 1.62. The van der Waals surface area contributed by atoms with Gasteiger partial charge in [0.05, 0.1) is 23.6 Å². The number of rotatable bonds is 5. The van der Waals surface area contributed by atoms with Crippen molar-refractivity contribution in [2.45, 2.75) is 51.0 Å². The van der Waals surface area contributed by atoms with E-state index in [9.17, 15) is 14.4 Å². The SMILES string of the molecule is CN1CC(C(=O)N2CCN(C(=O)CCC3CCCCC3)CC2)C2NN(c3ccccc3)C(=O)C2C1. The molecule has 3 atom stereocenters. The number of benzene rings is 1. The van der Waals surface area contributed by atoms with Crippen molar-refractivity contribution in [3.63, 3.8) is 0 Å². The highest BCUT2D eigenvalue weighted by Crippen LogP contribution is 2.32. The van der Waals surface area contributed by atoms with Crippen molar-refractivity contribution in [1.29, 1.82) is 0 Å². The predicted molar refractivity (Wildman–Crippen MR) is 134 cm³/mol. The Hall–Kier alpha value is -2.45. The van der Waals surface area contributed by atoms with Crippen LogP contribution in [0.5, 0.6) is 0 Å². The van der Waals surface area contributed by atoms with Gasteiger partial charge in [-0.2, -0.15) is 0 Å². The van der Waals surface area contributed by atoms with E-state index in [1.807, 2.05) is 47.2 Å². The molecule has 3 unspecified atom stereocenters. The van der Waals surface area contributed by atoms with Gasteiger partial charge in [0.1, 0.15) is 0 Å². The maximum atomic E-state index is 13.6. The summed E-state index contributed by atoms with van der Waals surface area (Å²) >= 11 is 0. The number of amides is 3. The minimum absolute atomic E-state index is 0.0268. The molecule has 8 nitrogen and oxygen atoms in total. The Kier molecular flexibility index (Phi) is 7.39. The number of carbonyl (C=O) groups excluding carboxylic acids is 3. The van der Waals surface area contributed by atoms with E-state index in [0.717, 1.165) is 12.1 Å². The Morgan fingerprint density at radius 1 is 0.943 bits per heavy atom. The lowest BCUT2D eigenvalue weighted by Crippen LogP contribution is -2.59. The molecule has 0 aromatic heterocycles. The summed E-state index contributed by atoms with van der Waals surface area (Å²) in [6.07, 6.45) is 8.14. The first-order valence-electron chi connectivity index (χ1n) is 13.4. The molecule has 4 fully saturated rings. The maximum absolute atomic E-state index is 13.6. The van der Waals surface area contributed by atoms with Gasteiger partial charge < -0.3 is 14.7 Å². The molecule has 1 saturated carbocycles. The first-order valence-corrected chi connectivity index (χ1v) is 13.4. The largest absolute Gasteiger partial charge is 0.339 e. The van der Waals surface area contributed by atoms with Gasteiger partial charge in [-0.1, -0.05) is 50.3 Å². The summed E-state index contributed by atoms with van der Waals surface area (Å²) in [4.78, 5) is 45.5. The molecule has 190 valence electrons. The molecule has 3 heterocycles. The fraction of sp³-hybridized carbons (Fsp3) is 0.667. The zero-order valence-corrected chi connectivity index (χ0v) is 20.9. The fourth-order valence-electron chi connectivity index (χ4n) is 6.43. The highest BCUT2D eigenvalue weighted by molar-refractivity contribution is 5.98. The summed E-state index contributed by atoms with van der Waals surface area (Å²) in [6, 6.07) is 9.37. The van der Waals surface area contributed by atoms with E-state index in [2.05, 4.69) is 10.3 Å². The molecule has 5 rings (SSSR count). The zero-order chi connectivity index (χ0) is 24.4. The number of anilines is 1. The van der Waals surface area contributed by atoms with Crippen LogP contribution in [0.3, 0.4) is 0 Å². The molecule has 1 aromatic carbocycles. The highest BCUT2D eigenvalue weighted by Gasteiger charge is 2.51. The van der Waals surface area contributed by atoms with E-state index in [1.54, 1.807) is 5.01 Å². The number of hydrogen-bond donors (Lipinski definition) is 1. The lowest BCUT2D eigenvalue weighted by molar-refractivity contribution is -0.145. The zero-order valence-electron chi connectivity index (χ0n) is 20.9. The Bertz CT molecular complexity index is 911. The van der Waals surface area contributed by atoms with Gasteiger partial charge in [0.2, 0.25) is 17.7 Å². The molecule has 3 aliphatic heterocycles. The summed E-state index contributed by atoms with van der Waals surface area (Å²) in [5.41, 5.74) is 4.18. The quantitative estimate of drug-likeness (QED) is 0.697. The van der Waals surface area contributed by atoms with Crippen LogP contribution in [0.25, 0.3) is 0 Å². The number of piperidine rings is 1. The van der Waals surface area contributed by atoms with Gasteiger partial charge in [0, 0.05) is 45.7 Å². The van der Waals surface area contributed by atoms with Crippen LogP contribution < -0.4 is 10.4 Å². The molecule has 4 aliphatic rings. The smallest absolute Gasteiger partial charge is 0.247 e. The number of fused-ring (bicyclic) bond motifs is 1. The minimum Gasteiger partial charge on any atom is -0.339 e. The predicted octanol–water partition coefficient (Wildman–Crippen LogP) is 2.12. The molecular weight excluding hydrogens is 442 g/mol. The van der Waals surface area contributed by atoms with Crippen molar-refractivity contribution in [1.82, 2.24) is 20.1 Å². The van der Waals surface area contributed by atoms with Crippen LogP contribution in [0.4, 0.5) is 5.69 Å². The third-order valence-electron chi connectivity index (χ3n) is 8.47. The molecule has 3 saturated heterocycles. The van der Waals surface area contributed by atoms with Gasteiger partial charge in [-0.15, -0.1) is 0 Å². The van der Waals surface area contributed by atoms with E-state index in [-0.39, 0.29) is 35.6 Å². The summed E-state index contributed by atoms with van der Waals surface area (Å²) in [6.45, 7) is 3.63. The molecule has 1 aliphatic carbocycles. The third-order valence-corrected chi connectivity index (χ3v) is 8.47. The summed E-state index contributed by atoms with van der Waals surface area (Å²) in [5.74, 6) is 0.538. The second kappa shape index (κ2) is 10.7. The Labute approximate surface area is 208 Å². The van der Waals surface area contributed by atoms with Crippen LogP contribution in [0.2, 0.25) is 0 Å². The van der Waals surface area contributed by atoms with Crippen LogP contribution in [-0.4, -0.2) is 84.8 Å². The number of hydrogen-bond acceptors (Lipinski definition) is 5. The molecule has 35 heavy (non-hydrogen) atoms. The van der Waals surface area contributed by atoms with Gasteiger partial charge in [0.15, 0.2) is 0 Å². The van der Waals surface area contributed by atoms with E-state index in [4.69, 9.17) is 0 Å². The van der Waals surface area contributed by atoms with E-state index < -0.39 is 0 Å². The normalized spacial score (nSPS) is 28.3. The molecule has 8 heteroatoms. The molecule has 0 spiro atoms.